The van der Waals surface area contributed by atoms with Crippen molar-refractivity contribution in [2.24, 2.45) is 5.41 Å². The molecular weight excluding hydrogens is 476 g/mol. The van der Waals surface area contributed by atoms with E-state index in [4.69, 9.17) is 0 Å². The molecule has 1 saturated heterocycles. The lowest BCUT2D eigenvalue weighted by molar-refractivity contribution is -0.150. The van der Waals surface area contributed by atoms with Crippen LogP contribution in [0.2, 0.25) is 0 Å². The van der Waals surface area contributed by atoms with E-state index in [-0.39, 0.29) is 11.9 Å². The first-order chi connectivity index (χ1) is 18.0. The van der Waals surface area contributed by atoms with Crippen LogP contribution in [0.15, 0.2) is 48.5 Å². The number of carboxylic acids is 1. The van der Waals surface area contributed by atoms with Gasteiger partial charge in [-0.2, -0.15) is 0 Å². The number of aryl methyl sites for hydroxylation is 2. The molecule has 1 N–H and O–H groups in total. The molecule has 0 unspecified atom stereocenters. The van der Waals surface area contributed by atoms with Crippen LogP contribution in [0.4, 0.5) is 4.79 Å². The first-order valence-electron chi connectivity index (χ1n) is 13.9. The van der Waals surface area contributed by atoms with Gasteiger partial charge in [-0.1, -0.05) is 59.7 Å². The number of benzene rings is 2. The molecule has 0 radical (unpaired) electrons. The topological polar surface area (TPSA) is 77.9 Å². The van der Waals surface area contributed by atoms with Gasteiger partial charge >= 0.3 is 12.0 Å². The zero-order chi connectivity index (χ0) is 27.7. The number of hydrogen-bond donors (Lipinski definition) is 1. The van der Waals surface area contributed by atoms with E-state index < -0.39 is 16.9 Å². The normalized spacial score (nSPS) is 29.3. The lowest BCUT2D eigenvalue weighted by Gasteiger charge is -2.39. The zero-order valence-electron chi connectivity index (χ0n) is 23.5. The average molecular weight is 519 g/mol. The van der Waals surface area contributed by atoms with Crippen molar-refractivity contribution in [1.29, 1.82) is 0 Å². The van der Waals surface area contributed by atoms with E-state index in [9.17, 15) is 19.5 Å². The maximum atomic E-state index is 12.5. The van der Waals surface area contributed by atoms with Crippen LogP contribution in [0.1, 0.15) is 92.4 Å². The van der Waals surface area contributed by atoms with E-state index in [2.05, 4.69) is 62.4 Å². The number of nitrogens with zero attached hydrogens (tertiary/aromatic N) is 2. The Kier molecular flexibility index (Phi) is 8.01. The van der Waals surface area contributed by atoms with Crippen molar-refractivity contribution in [1.82, 2.24) is 9.80 Å². The van der Waals surface area contributed by atoms with Gasteiger partial charge in [0.15, 0.2) is 0 Å². The summed E-state index contributed by atoms with van der Waals surface area (Å²) in [5.74, 6) is 0.373. The Morgan fingerprint density at radius 1 is 0.816 bits per heavy atom. The second-order valence-corrected chi connectivity index (χ2v) is 12.0. The summed E-state index contributed by atoms with van der Waals surface area (Å²) in [6.45, 7) is 6.09. The summed E-state index contributed by atoms with van der Waals surface area (Å²) in [6, 6.07) is 17.0. The third-order valence-corrected chi connectivity index (χ3v) is 9.36. The number of aliphatic carboxylic acids is 1. The number of amides is 3. The summed E-state index contributed by atoms with van der Waals surface area (Å²) in [6.07, 6.45) is 7.01. The van der Waals surface area contributed by atoms with Gasteiger partial charge in [0.1, 0.15) is 5.54 Å². The lowest BCUT2D eigenvalue weighted by atomic mass is 9.70. The highest BCUT2D eigenvalue weighted by molar-refractivity contribution is 6.06. The van der Waals surface area contributed by atoms with Gasteiger partial charge in [0.25, 0.3) is 5.91 Å². The summed E-state index contributed by atoms with van der Waals surface area (Å²) in [7, 11) is 3.35. The number of carboxylic acid groups (broad SMARTS) is 1. The van der Waals surface area contributed by atoms with Crippen molar-refractivity contribution in [3.05, 3.63) is 70.8 Å². The Bertz CT molecular complexity index is 1190. The minimum atomic E-state index is -0.639. The van der Waals surface area contributed by atoms with Crippen molar-refractivity contribution in [2.75, 3.05) is 14.1 Å². The molecule has 38 heavy (non-hydrogen) atoms. The standard InChI is InChI=1S/C17H22N2O2.C15H20O2/c1-12-5-4-6-14(11-12)13-7-9-17(10-8-13)15(20)18(2)16(21)19(17)3;1-11-4-3-5-13(10-11)12-6-8-15(2,9-7-12)14(16)17/h4-6,11,13H,7-10H2,1-3H3;3-5,10,12H,6-9H2,1-2H3,(H,16,17). The molecule has 2 aromatic rings. The minimum Gasteiger partial charge on any atom is -0.481 e. The Hall–Kier alpha value is -3.15. The van der Waals surface area contributed by atoms with Gasteiger partial charge in [-0.25, -0.2) is 4.79 Å². The van der Waals surface area contributed by atoms with E-state index in [1.54, 1.807) is 19.0 Å². The minimum absolute atomic E-state index is 0.0299. The van der Waals surface area contributed by atoms with E-state index in [0.29, 0.717) is 11.8 Å². The molecule has 1 spiro atoms. The van der Waals surface area contributed by atoms with Crippen LogP contribution in [0.5, 0.6) is 0 Å². The van der Waals surface area contributed by atoms with Gasteiger partial charge in [-0.05, 0) is 95.1 Å². The number of rotatable bonds is 3. The predicted octanol–water partition coefficient (Wildman–Crippen LogP) is 6.66. The van der Waals surface area contributed by atoms with Crippen molar-refractivity contribution < 1.29 is 19.5 Å². The maximum absolute atomic E-state index is 12.5. The fraction of sp³-hybridized carbons (Fsp3) is 0.531. The fourth-order valence-electron chi connectivity index (χ4n) is 6.58. The molecule has 2 aliphatic carbocycles. The molecule has 3 fully saturated rings. The molecule has 1 heterocycles. The second-order valence-electron chi connectivity index (χ2n) is 12.0. The molecule has 6 heteroatoms. The van der Waals surface area contributed by atoms with Crippen LogP contribution in [-0.2, 0) is 9.59 Å². The largest absolute Gasteiger partial charge is 0.481 e. The average Bonchev–Trinajstić information content (AvgIpc) is 3.06. The Morgan fingerprint density at radius 2 is 1.26 bits per heavy atom. The van der Waals surface area contributed by atoms with Gasteiger partial charge in [-0.15, -0.1) is 0 Å². The van der Waals surface area contributed by atoms with Crippen molar-refractivity contribution in [2.45, 2.75) is 89.5 Å². The smallest absolute Gasteiger partial charge is 0.327 e. The van der Waals surface area contributed by atoms with Gasteiger partial charge < -0.3 is 10.0 Å². The SMILES string of the molecule is Cc1cccc(C2CCC(C)(C(=O)O)CC2)c1.Cc1cccc(C2CCC3(CC2)C(=O)N(C)C(=O)N3C)c1. The molecule has 6 nitrogen and oxygen atoms in total. The number of urea groups is 1. The highest BCUT2D eigenvalue weighted by Gasteiger charge is 2.55. The van der Waals surface area contributed by atoms with Crippen LogP contribution < -0.4 is 0 Å². The van der Waals surface area contributed by atoms with Crippen molar-refractivity contribution in [3.8, 4) is 0 Å². The summed E-state index contributed by atoms with van der Waals surface area (Å²) in [5.41, 5.74) is 4.20. The molecule has 5 rings (SSSR count). The Labute approximate surface area is 227 Å². The third-order valence-electron chi connectivity index (χ3n) is 9.36. The van der Waals surface area contributed by atoms with E-state index in [1.165, 1.54) is 27.2 Å². The molecule has 204 valence electrons. The first-order valence-corrected chi connectivity index (χ1v) is 13.9. The molecular formula is C32H42N2O4. The quantitative estimate of drug-likeness (QED) is 0.461. The molecule has 0 bridgehead atoms. The van der Waals surface area contributed by atoms with Crippen LogP contribution in [-0.4, -0.2) is 52.4 Å². The first kappa shape index (κ1) is 27.9. The van der Waals surface area contributed by atoms with Crippen LogP contribution >= 0.6 is 0 Å². The fourth-order valence-corrected chi connectivity index (χ4v) is 6.58. The van der Waals surface area contributed by atoms with Crippen LogP contribution in [0.25, 0.3) is 0 Å². The molecule has 3 aliphatic rings. The monoisotopic (exact) mass is 518 g/mol. The second kappa shape index (κ2) is 10.9. The van der Waals surface area contributed by atoms with Gasteiger partial charge in [0, 0.05) is 14.1 Å². The van der Waals surface area contributed by atoms with E-state index in [0.717, 1.165) is 51.4 Å². The van der Waals surface area contributed by atoms with Crippen molar-refractivity contribution in [3.63, 3.8) is 0 Å². The van der Waals surface area contributed by atoms with Crippen molar-refractivity contribution >= 4 is 17.9 Å². The third kappa shape index (κ3) is 5.36. The predicted molar refractivity (Wildman–Crippen MR) is 149 cm³/mol. The zero-order valence-corrected chi connectivity index (χ0v) is 23.5. The van der Waals surface area contributed by atoms with Crippen LogP contribution in [0.3, 0.4) is 0 Å². The molecule has 1 aliphatic heterocycles. The summed E-state index contributed by atoms with van der Waals surface area (Å²) in [4.78, 5) is 38.6. The number of imide groups is 1. The van der Waals surface area contributed by atoms with E-state index in [1.807, 2.05) is 6.92 Å². The highest BCUT2D eigenvalue weighted by atomic mass is 16.4. The lowest BCUT2D eigenvalue weighted by Crippen LogP contribution is -2.50. The van der Waals surface area contributed by atoms with Gasteiger partial charge in [-0.3, -0.25) is 14.5 Å². The Morgan fingerprint density at radius 3 is 1.63 bits per heavy atom. The molecule has 0 atom stereocenters. The summed E-state index contributed by atoms with van der Waals surface area (Å²) < 4.78 is 0. The molecule has 0 aromatic heterocycles. The molecule has 2 saturated carbocycles. The van der Waals surface area contributed by atoms with E-state index >= 15 is 0 Å². The van der Waals surface area contributed by atoms with Gasteiger partial charge in [0.05, 0.1) is 5.41 Å². The number of likely N-dealkylation sites (N-methyl/N-ethyl adjacent to an activating group) is 2. The maximum Gasteiger partial charge on any atom is 0.327 e. The number of carbonyl (C=O) groups excluding carboxylic acids is 2. The van der Waals surface area contributed by atoms with Crippen LogP contribution in [0, 0.1) is 19.3 Å². The summed E-state index contributed by atoms with van der Waals surface area (Å²) >= 11 is 0. The summed E-state index contributed by atoms with van der Waals surface area (Å²) in [5, 5.41) is 9.20. The Balaban J connectivity index is 0.000000181. The molecule has 3 amide bonds. The highest BCUT2D eigenvalue weighted by Crippen LogP contribution is 2.45. The molecule has 2 aromatic carbocycles. The number of hydrogen-bond acceptors (Lipinski definition) is 3. The van der Waals surface area contributed by atoms with Gasteiger partial charge in [0.2, 0.25) is 0 Å². The number of carbonyl (C=O) groups is 3.